The van der Waals surface area contributed by atoms with Crippen LogP contribution in [0.3, 0.4) is 0 Å². The van der Waals surface area contributed by atoms with Crippen LogP contribution in [0.5, 0.6) is 0 Å². The first-order chi connectivity index (χ1) is 7.84. The van der Waals surface area contributed by atoms with Crippen molar-refractivity contribution in [1.29, 1.82) is 0 Å². The fourth-order valence-corrected chi connectivity index (χ4v) is 3.40. The molecule has 0 bridgehead atoms. The summed E-state index contributed by atoms with van der Waals surface area (Å²) >= 11 is 8.82. The van der Waals surface area contributed by atoms with Gasteiger partial charge in [-0.05, 0) is 40.9 Å². The molecule has 1 heterocycles. The lowest BCUT2D eigenvalue weighted by Gasteiger charge is -2.12. The van der Waals surface area contributed by atoms with Gasteiger partial charge in [0.1, 0.15) is 4.60 Å². The van der Waals surface area contributed by atoms with Gasteiger partial charge in [-0.1, -0.05) is 6.92 Å². The van der Waals surface area contributed by atoms with E-state index in [0.29, 0.717) is 21.9 Å². The first kappa shape index (κ1) is 14.7. The molecule has 0 saturated carbocycles. The Labute approximate surface area is 115 Å². The summed E-state index contributed by atoms with van der Waals surface area (Å²) in [6, 6.07) is 3.37. The Balaban J connectivity index is 2.83. The summed E-state index contributed by atoms with van der Waals surface area (Å²) in [5.74, 6) is 0.239. The van der Waals surface area contributed by atoms with Gasteiger partial charge < -0.3 is 0 Å². The number of rotatable bonds is 5. The average molecular weight is 342 g/mol. The van der Waals surface area contributed by atoms with Crippen molar-refractivity contribution in [2.45, 2.75) is 13.8 Å². The van der Waals surface area contributed by atoms with Crippen molar-refractivity contribution in [2.75, 3.05) is 16.4 Å². The molecule has 1 N–H and O–H groups in total. The van der Waals surface area contributed by atoms with Crippen molar-refractivity contribution in [1.82, 2.24) is 4.98 Å². The Morgan fingerprint density at radius 1 is 1.53 bits per heavy atom. The fraction of sp³-hybridized carbons (Fsp3) is 0.500. The van der Waals surface area contributed by atoms with Crippen LogP contribution in [0.15, 0.2) is 16.7 Å². The predicted molar refractivity (Wildman–Crippen MR) is 74.0 cm³/mol. The first-order valence-corrected chi connectivity index (χ1v) is 8.01. The minimum Gasteiger partial charge on any atom is -0.282 e. The van der Waals surface area contributed by atoms with E-state index in [2.05, 4.69) is 25.6 Å². The maximum Gasteiger partial charge on any atom is 0.233 e. The molecule has 0 amide bonds. The zero-order valence-corrected chi connectivity index (χ0v) is 12.7. The number of anilines is 1. The van der Waals surface area contributed by atoms with Crippen LogP contribution in [0, 0.1) is 12.8 Å². The average Bonchev–Trinajstić information content (AvgIpc) is 2.21. The zero-order valence-electron chi connectivity index (χ0n) is 9.57. The lowest BCUT2D eigenvalue weighted by atomic mass is 10.3. The molecule has 0 saturated heterocycles. The monoisotopic (exact) mass is 340 g/mol. The molecule has 0 radical (unpaired) electrons. The maximum absolute atomic E-state index is 11.8. The molecule has 1 aromatic rings. The molecule has 0 spiro atoms. The summed E-state index contributed by atoms with van der Waals surface area (Å²) < 4.78 is 26.8. The summed E-state index contributed by atoms with van der Waals surface area (Å²) in [6.07, 6.45) is 0. The number of alkyl halides is 1. The van der Waals surface area contributed by atoms with Gasteiger partial charge >= 0.3 is 0 Å². The van der Waals surface area contributed by atoms with Crippen LogP contribution < -0.4 is 4.72 Å². The summed E-state index contributed by atoms with van der Waals surface area (Å²) in [5, 5.41) is 0. The van der Waals surface area contributed by atoms with Gasteiger partial charge in [0.25, 0.3) is 0 Å². The van der Waals surface area contributed by atoms with Crippen molar-refractivity contribution < 1.29 is 8.42 Å². The Bertz CT molecular complexity index is 493. The highest BCUT2D eigenvalue weighted by molar-refractivity contribution is 9.10. The highest BCUT2D eigenvalue weighted by Gasteiger charge is 2.16. The molecule has 0 aromatic carbocycles. The van der Waals surface area contributed by atoms with Crippen molar-refractivity contribution in [2.24, 2.45) is 5.92 Å². The van der Waals surface area contributed by atoms with Crippen LogP contribution >= 0.6 is 27.5 Å². The minimum atomic E-state index is -3.37. The molecule has 4 nitrogen and oxygen atoms in total. The van der Waals surface area contributed by atoms with E-state index < -0.39 is 10.0 Å². The number of aromatic nitrogens is 1. The fourth-order valence-electron chi connectivity index (χ4n) is 1.27. The number of aryl methyl sites for hydroxylation is 1. The third-order valence-electron chi connectivity index (χ3n) is 2.08. The van der Waals surface area contributed by atoms with E-state index in [1.54, 1.807) is 26.0 Å². The zero-order chi connectivity index (χ0) is 13.1. The van der Waals surface area contributed by atoms with E-state index in [4.69, 9.17) is 11.6 Å². The van der Waals surface area contributed by atoms with Gasteiger partial charge in [0.05, 0.1) is 17.1 Å². The second-order valence-electron chi connectivity index (χ2n) is 3.91. The highest BCUT2D eigenvalue weighted by Crippen LogP contribution is 2.18. The SMILES string of the molecule is Cc1nc(Br)ccc1NS(=O)(=O)CC(C)CCl. The van der Waals surface area contributed by atoms with Crippen molar-refractivity contribution in [3.8, 4) is 0 Å². The molecule has 0 fully saturated rings. The third-order valence-corrected chi connectivity index (χ3v) is 4.59. The summed E-state index contributed by atoms with van der Waals surface area (Å²) in [7, 11) is -3.37. The van der Waals surface area contributed by atoms with Crippen LogP contribution in [-0.2, 0) is 10.0 Å². The summed E-state index contributed by atoms with van der Waals surface area (Å²) in [5.41, 5.74) is 1.12. The van der Waals surface area contributed by atoms with E-state index in [0.717, 1.165) is 0 Å². The van der Waals surface area contributed by atoms with E-state index in [1.807, 2.05) is 0 Å². The molecular formula is C10H14BrClN2O2S. The number of hydrogen-bond acceptors (Lipinski definition) is 3. The van der Waals surface area contributed by atoms with Gasteiger partial charge in [-0.25, -0.2) is 13.4 Å². The number of pyridine rings is 1. The van der Waals surface area contributed by atoms with Gasteiger partial charge in [-0.2, -0.15) is 0 Å². The van der Waals surface area contributed by atoms with E-state index in [1.165, 1.54) is 0 Å². The molecule has 0 aliphatic carbocycles. The lowest BCUT2D eigenvalue weighted by Crippen LogP contribution is -2.22. The summed E-state index contributed by atoms with van der Waals surface area (Å²) in [4.78, 5) is 4.12. The van der Waals surface area contributed by atoms with Crippen LogP contribution in [0.2, 0.25) is 0 Å². The third kappa shape index (κ3) is 4.81. The normalized spacial score (nSPS) is 13.4. The van der Waals surface area contributed by atoms with Gasteiger partial charge in [-0.3, -0.25) is 4.72 Å². The molecule has 1 atom stereocenters. The number of sulfonamides is 1. The highest BCUT2D eigenvalue weighted by atomic mass is 79.9. The van der Waals surface area contributed by atoms with Crippen molar-refractivity contribution in [3.63, 3.8) is 0 Å². The van der Waals surface area contributed by atoms with Crippen molar-refractivity contribution in [3.05, 3.63) is 22.4 Å². The van der Waals surface area contributed by atoms with Crippen LogP contribution in [0.4, 0.5) is 5.69 Å². The van der Waals surface area contributed by atoms with Crippen molar-refractivity contribution >= 4 is 43.2 Å². The molecule has 0 aliphatic heterocycles. The second-order valence-corrected chi connectivity index (χ2v) is 6.80. The lowest BCUT2D eigenvalue weighted by molar-refractivity contribution is 0.588. The first-order valence-electron chi connectivity index (χ1n) is 5.03. The second kappa shape index (κ2) is 6.02. The van der Waals surface area contributed by atoms with Crippen LogP contribution in [0.1, 0.15) is 12.6 Å². The number of nitrogens with zero attached hydrogens (tertiary/aromatic N) is 1. The molecule has 7 heteroatoms. The van der Waals surface area contributed by atoms with Gasteiger partial charge in [-0.15, -0.1) is 11.6 Å². The molecule has 0 aliphatic rings. The Morgan fingerprint density at radius 3 is 2.71 bits per heavy atom. The van der Waals surface area contributed by atoms with Crippen LogP contribution in [0.25, 0.3) is 0 Å². The topological polar surface area (TPSA) is 59.1 Å². The number of hydrogen-bond donors (Lipinski definition) is 1. The Kier molecular flexibility index (Phi) is 5.22. The van der Waals surface area contributed by atoms with Crippen LogP contribution in [-0.4, -0.2) is 25.0 Å². The predicted octanol–water partition coefficient (Wildman–Crippen LogP) is 2.77. The molecular weight excluding hydrogens is 328 g/mol. The molecule has 17 heavy (non-hydrogen) atoms. The van der Waals surface area contributed by atoms with E-state index in [9.17, 15) is 8.42 Å². The van der Waals surface area contributed by atoms with E-state index in [-0.39, 0.29) is 11.7 Å². The smallest absolute Gasteiger partial charge is 0.233 e. The van der Waals surface area contributed by atoms with Gasteiger partial charge in [0.2, 0.25) is 10.0 Å². The number of halogens is 2. The van der Waals surface area contributed by atoms with Gasteiger partial charge in [0.15, 0.2) is 0 Å². The summed E-state index contributed by atoms with van der Waals surface area (Å²) in [6.45, 7) is 3.53. The molecule has 1 unspecified atom stereocenters. The largest absolute Gasteiger partial charge is 0.282 e. The quantitative estimate of drug-likeness (QED) is 0.662. The minimum absolute atomic E-state index is 0.00596. The van der Waals surface area contributed by atoms with Gasteiger partial charge in [0, 0.05) is 5.88 Å². The molecule has 1 rings (SSSR count). The molecule has 1 aromatic heterocycles. The molecule has 96 valence electrons. The Hall–Kier alpha value is -0.330. The Morgan fingerprint density at radius 2 is 2.18 bits per heavy atom. The number of nitrogens with one attached hydrogen (secondary N) is 1. The maximum atomic E-state index is 11.8. The van der Waals surface area contributed by atoms with E-state index >= 15 is 0 Å². The standard InChI is InChI=1S/C10H14BrClN2O2S/c1-7(5-12)6-17(15,16)14-9-3-4-10(11)13-8(9)2/h3-4,7,14H,5-6H2,1-2H3.